The van der Waals surface area contributed by atoms with Gasteiger partial charge in [-0.2, -0.15) is 5.26 Å². The molecule has 0 unspecified atom stereocenters. The van der Waals surface area contributed by atoms with Gasteiger partial charge in [-0.05, 0) is 5.56 Å². The zero-order valence-corrected chi connectivity index (χ0v) is 6.45. The van der Waals surface area contributed by atoms with E-state index in [0.717, 1.165) is 5.56 Å². The second kappa shape index (κ2) is 4.14. The highest BCUT2D eigenvalue weighted by Crippen LogP contribution is 1.96. The van der Waals surface area contributed by atoms with E-state index in [1.54, 1.807) is 0 Å². The molecule has 0 fully saturated rings. The predicted octanol–water partition coefficient (Wildman–Crippen LogP) is 0.826. The van der Waals surface area contributed by atoms with Gasteiger partial charge >= 0.3 is 5.91 Å². The number of nitriles is 1. The molecule has 0 spiro atoms. The number of nitrogens with one attached hydrogen (secondary N) is 1. The summed E-state index contributed by atoms with van der Waals surface area (Å²) in [5.74, 6) is -0.598. The Morgan fingerprint density at radius 3 is 2.67 bits per heavy atom. The third-order valence-electron chi connectivity index (χ3n) is 1.40. The molecule has 0 saturated carbocycles. The van der Waals surface area contributed by atoms with E-state index in [0.29, 0.717) is 6.54 Å². The fourth-order valence-electron chi connectivity index (χ4n) is 0.818. The molecule has 0 saturated heterocycles. The van der Waals surface area contributed by atoms with E-state index < -0.39 is 5.91 Å². The van der Waals surface area contributed by atoms with Gasteiger partial charge in [0.25, 0.3) is 0 Å². The molecule has 0 radical (unpaired) electrons. The molecule has 1 N–H and O–H groups in total. The molecule has 3 nitrogen and oxygen atoms in total. The van der Waals surface area contributed by atoms with Crippen LogP contribution in [0.5, 0.6) is 0 Å². The standard InChI is InChI=1S/C9H8N2O/c10-6-9(12)11-7-8-4-2-1-3-5-8/h1-5H,7H2,(H,11,12). The molecule has 1 aromatic rings. The van der Waals surface area contributed by atoms with Crippen molar-refractivity contribution in [3.8, 4) is 6.07 Å². The van der Waals surface area contributed by atoms with E-state index >= 15 is 0 Å². The number of amides is 1. The third kappa shape index (κ3) is 2.43. The van der Waals surface area contributed by atoms with Crippen LogP contribution >= 0.6 is 0 Å². The summed E-state index contributed by atoms with van der Waals surface area (Å²) in [7, 11) is 0. The second-order valence-electron chi connectivity index (χ2n) is 2.28. The summed E-state index contributed by atoms with van der Waals surface area (Å²) in [4.78, 5) is 10.5. The van der Waals surface area contributed by atoms with Gasteiger partial charge in [-0.25, -0.2) is 0 Å². The Morgan fingerprint density at radius 1 is 1.42 bits per heavy atom. The second-order valence-corrected chi connectivity index (χ2v) is 2.28. The van der Waals surface area contributed by atoms with E-state index in [-0.39, 0.29) is 0 Å². The fourth-order valence-corrected chi connectivity index (χ4v) is 0.818. The van der Waals surface area contributed by atoms with Crippen molar-refractivity contribution in [2.75, 3.05) is 0 Å². The van der Waals surface area contributed by atoms with E-state index in [1.807, 2.05) is 30.3 Å². The highest BCUT2D eigenvalue weighted by atomic mass is 16.1. The molecule has 0 aliphatic carbocycles. The van der Waals surface area contributed by atoms with Crippen LogP contribution in [0.25, 0.3) is 0 Å². The number of nitrogens with zero attached hydrogens (tertiary/aromatic N) is 1. The van der Waals surface area contributed by atoms with Crippen LogP contribution in [-0.2, 0) is 11.3 Å². The first-order valence-corrected chi connectivity index (χ1v) is 3.55. The number of hydrogen-bond donors (Lipinski definition) is 1. The highest BCUT2D eigenvalue weighted by Gasteiger charge is 1.95. The van der Waals surface area contributed by atoms with Gasteiger partial charge in [0.05, 0.1) is 0 Å². The quantitative estimate of drug-likeness (QED) is 0.651. The van der Waals surface area contributed by atoms with Gasteiger partial charge in [-0.3, -0.25) is 4.79 Å². The molecule has 1 aromatic carbocycles. The first-order chi connectivity index (χ1) is 5.83. The van der Waals surface area contributed by atoms with Crippen LogP contribution in [-0.4, -0.2) is 5.91 Å². The maximum absolute atomic E-state index is 10.5. The lowest BCUT2D eigenvalue weighted by Gasteiger charge is -1.98. The molecule has 0 aliphatic rings. The van der Waals surface area contributed by atoms with Crippen LogP contribution in [0, 0.1) is 11.3 Å². The molecule has 0 bridgehead atoms. The minimum absolute atomic E-state index is 0.410. The van der Waals surface area contributed by atoms with Crippen LogP contribution in [0.2, 0.25) is 0 Å². The average Bonchev–Trinajstić information content (AvgIpc) is 2.16. The van der Waals surface area contributed by atoms with Crippen LogP contribution in [0.1, 0.15) is 5.56 Å². The number of carbonyl (C=O) groups is 1. The van der Waals surface area contributed by atoms with Crippen molar-refractivity contribution >= 4 is 5.91 Å². The summed E-state index contributed by atoms with van der Waals surface area (Å²) in [5, 5.41) is 10.6. The number of rotatable bonds is 2. The lowest BCUT2D eigenvalue weighted by Crippen LogP contribution is -2.20. The summed E-state index contributed by atoms with van der Waals surface area (Å²) in [5.41, 5.74) is 0.987. The van der Waals surface area contributed by atoms with Gasteiger partial charge in [0.1, 0.15) is 0 Å². The van der Waals surface area contributed by atoms with Crippen LogP contribution in [0.3, 0.4) is 0 Å². The van der Waals surface area contributed by atoms with Crippen molar-refractivity contribution in [1.82, 2.24) is 5.32 Å². The Morgan fingerprint density at radius 2 is 2.08 bits per heavy atom. The molecule has 0 aliphatic heterocycles. The molecule has 3 heteroatoms. The van der Waals surface area contributed by atoms with Gasteiger partial charge in [0.15, 0.2) is 6.07 Å². The molecule has 12 heavy (non-hydrogen) atoms. The predicted molar refractivity (Wildman–Crippen MR) is 43.9 cm³/mol. The number of carbonyl (C=O) groups excluding carboxylic acids is 1. The smallest absolute Gasteiger partial charge is 0.322 e. The van der Waals surface area contributed by atoms with Crippen molar-refractivity contribution in [2.24, 2.45) is 0 Å². The van der Waals surface area contributed by atoms with Gasteiger partial charge in [0.2, 0.25) is 0 Å². The maximum Gasteiger partial charge on any atom is 0.322 e. The third-order valence-corrected chi connectivity index (χ3v) is 1.40. The van der Waals surface area contributed by atoms with Crippen molar-refractivity contribution < 1.29 is 4.79 Å². The van der Waals surface area contributed by atoms with Gasteiger partial charge in [0, 0.05) is 6.54 Å². The van der Waals surface area contributed by atoms with Gasteiger partial charge < -0.3 is 5.32 Å². The normalized spacial score (nSPS) is 8.58. The zero-order valence-electron chi connectivity index (χ0n) is 6.45. The molecular weight excluding hydrogens is 152 g/mol. The Hall–Kier alpha value is -1.82. The van der Waals surface area contributed by atoms with Crippen molar-refractivity contribution in [2.45, 2.75) is 6.54 Å². The fraction of sp³-hybridized carbons (Fsp3) is 0.111. The minimum Gasteiger partial charge on any atom is -0.339 e. The maximum atomic E-state index is 10.5. The molecule has 0 aromatic heterocycles. The van der Waals surface area contributed by atoms with Crippen LogP contribution in [0.4, 0.5) is 0 Å². The minimum atomic E-state index is -0.598. The summed E-state index contributed by atoms with van der Waals surface area (Å²) < 4.78 is 0. The molecule has 1 rings (SSSR count). The number of hydrogen-bond acceptors (Lipinski definition) is 2. The van der Waals surface area contributed by atoms with Crippen LogP contribution in [0.15, 0.2) is 30.3 Å². The monoisotopic (exact) mass is 160 g/mol. The zero-order chi connectivity index (χ0) is 8.81. The average molecular weight is 160 g/mol. The van der Waals surface area contributed by atoms with Gasteiger partial charge in [-0.1, -0.05) is 30.3 Å². The molecule has 60 valence electrons. The summed E-state index contributed by atoms with van der Waals surface area (Å²) in [6.45, 7) is 0.410. The van der Waals surface area contributed by atoms with Crippen molar-refractivity contribution in [3.63, 3.8) is 0 Å². The summed E-state index contributed by atoms with van der Waals surface area (Å²) in [6.07, 6.45) is 0. The summed E-state index contributed by atoms with van der Waals surface area (Å²) >= 11 is 0. The Labute approximate surface area is 70.6 Å². The van der Waals surface area contributed by atoms with Crippen molar-refractivity contribution in [1.29, 1.82) is 5.26 Å². The van der Waals surface area contributed by atoms with Crippen molar-refractivity contribution in [3.05, 3.63) is 35.9 Å². The van der Waals surface area contributed by atoms with Crippen LogP contribution < -0.4 is 5.32 Å². The van der Waals surface area contributed by atoms with E-state index in [4.69, 9.17) is 5.26 Å². The first kappa shape index (κ1) is 8.28. The molecule has 0 atom stereocenters. The topological polar surface area (TPSA) is 52.9 Å². The molecular formula is C9H8N2O. The van der Waals surface area contributed by atoms with Gasteiger partial charge in [-0.15, -0.1) is 0 Å². The molecule has 1 amide bonds. The number of benzene rings is 1. The van der Waals surface area contributed by atoms with E-state index in [1.165, 1.54) is 6.07 Å². The highest BCUT2D eigenvalue weighted by molar-refractivity contribution is 5.91. The van der Waals surface area contributed by atoms with E-state index in [9.17, 15) is 4.79 Å². The SMILES string of the molecule is N#CC(=O)NCc1ccccc1. The lowest BCUT2D eigenvalue weighted by atomic mass is 10.2. The first-order valence-electron chi connectivity index (χ1n) is 3.55. The summed E-state index contributed by atoms with van der Waals surface area (Å²) in [6, 6.07) is 10.9. The van der Waals surface area contributed by atoms with E-state index in [2.05, 4.69) is 5.32 Å². The Balaban J connectivity index is 2.45. The Kier molecular flexibility index (Phi) is 2.86. The Bertz CT molecular complexity index is 300. The lowest BCUT2D eigenvalue weighted by molar-refractivity contribution is -0.116. The largest absolute Gasteiger partial charge is 0.339 e. The molecule has 0 heterocycles.